The molecule has 116 valence electrons. The van der Waals surface area contributed by atoms with Crippen molar-refractivity contribution in [3.05, 3.63) is 35.1 Å². The second-order valence-electron chi connectivity index (χ2n) is 5.69. The van der Waals surface area contributed by atoms with Gasteiger partial charge in [-0.3, -0.25) is 4.79 Å². The molecule has 1 aromatic rings. The Balaban J connectivity index is 2.17. The predicted octanol–water partition coefficient (Wildman–Crippen LogP) is 4.01. The topological polar surface area (TPSA) is 29.1 Å². The van der Waals surface area contributed by atoms with E-state index in [1.54, 1.807) is 0 Å². The van der Waals surface area contributed by atoms with Crippen LogP contribution in [0.15, 0.2) is 18.2 Å². The Kier molecular flexibility index (Phi) is 4.25. The molecule has 0 saturated heterocycles. The van der Waals surface area contributed by atoms with Gasteiger partial charge in [0.1, 0.15) is 5.82 Å². The molecule has 1 aliphatic rings. The van der Waals surface area contributed by atoms with Gasteiger partial charge in [0.15, 0.2) is 0 Å². The summed E-state index contributed by atoms with van der Waals surface area (Å²) in [5.74, 6) is -1.22. The zero-order valence-electron chi connectivity index (χ0n) is 11.8. The zero-order chi connectivity index (χ0) is 15.8. The van der Waals surface area contributed by atoms with Gasteiger partial charge in [-0.15, -0.1) is 0 Å². The van der Waals surface area contributed by atoms with Gasteiger partial charge in [-0.05, 0) is 42.9 Å². The van der Waals surface area contributed by atoms with Crippen molar-refractivity contribution in [3.63, 3.8) is 0 Å². The zero-order valence-corrected chi connectivity index (χ0v) is 11.8. The lowest BCUT2D eigenvalue weighted by molar-refractivity contribution is -0.140. The minimum atomic E-state index is -4.81. The first-order valence-corrected chi connectivity index (χ1v) is 6.87. The molecule has 21 heavy (non-hydrogen) atoms. The number of carbonyl (C=O) groups is 1. The molecule has 2 nitrogen and oxygen atoms in total. The number of nitrogens with one attached hydrogen (secondary N) is 1. The molecule has 3 atom stereocenters. The molecule has 2 rings (SSSR count). The van der Waals surface area contributed by atoms with Crippen LogP contribution >= 0.6 is 0 Å². The van der Waals surface area contributed by atoms with E-state index in [9.17, 15) is 22.4 Å². The van der Waals surface area contributed by atoms with Crippen LogP contribution in [-0.2, 0) is 6.18 Å². The van der Waals surface area contributed by atoms with E-state index in [0.29, 0.717) is 18.1 Å². The average molecular weight is 303 g/mol. The molecule has 1 aromatic carbocycles. The Morgan fingerprint density at radius 1 is 1.24 bits per heavy atom. The van der Waals surface area contributed by atoms with Crippen LogP contribution in [0.4, 0.5) is 17.6 Å². The SMILES string of the molecule is CC1CCC(NC(=O)c2ccc(F)c(C(F)(F)F)c2)C1C. The van der Waals surface area contributed by atoms with Crippen LogP contribution in [0.2, 0.25) is 0 Å². The van der Waals surface area contributed by atoms with Gasteiger partial charge in [0.25, 0.3) is 5.91 Å². The van der Waals surface area contributed by atoms with Crippen molar-refractivity contribution in [2.24, 2.45) is 11.8 Å². The van der Waals surface area contributed by atoms with Gasteiger partial charge in [0.05, 0.1) is 5.56 Å². The molecule has 1 saturated carbocycles. The van der Waals surface area contributed by atoms with Gasteiger partial charge in [0.2, 0.25) is 0 Å². The molecule has 1 N–H and O–H groups in total. The summed E-state index contributed by atoms with van der Waals surface area (Å²) < 4.78 is 51.1. The van der Waals surface area contributed by atoms with Gasteiger partial charge in [-0.1, -0.05) is 13.8 Å². The fraction of sp³-hybridized carbons (Fsp3) is 0.533. The van der Waals surface area contributed by atoms with Crippen LogP contribution in [0.1, 0.15) is 42.6 Å². The first kappa shape index (κ1) is 15.8. The quantitative estimate of drug-likeness (QED) is 0.822. The Hall–Kier alpha value is -1.59. The van der Waals surface area contributed by atoms with E-state index in [-0.39, 0.29) is 17.5 Å². The highest BCUT2D eigenvalue weighted by Crippen LogP contribution is 2.33. The Morgan fingerprint density at radius 2 is 1.90 bits per heavy atom. The second kappa shape index (κ2) is 5.66. The monoisotopic (exact) mass is 303 g/mol. The van der Waals surface area contributed by atoms with E-state index in [1.165, 1.54) is 0 Å². The number of rotatable bonds is 2. The summed E-state index contributed by atoms with van der Waals surface area (Å²) in [6.07, 6.45) is -3.03. The fourth-order valence-corrected chi connectivity index (χ4v) is 2.70. The van der Waals surface area contributed by atoms with Gasteiger partial charge < -0.3 is 5.32 Å². The largest absolute Gasteiger partial charge is 0.419 e. The third-order valence-corrected chi connectivity index (χ3v) is 4.32. The smallest absolute Gasteiger partial charge is 0.349 e. The van der Waals surface area contributed by atoms with Crippen molar-refractivity contribution in [1.82, 2.24) is 5.32 Å². The lowest BCUT2D eigenvalue weighted by Gasteiger charge is -2.20. The molecule has 6 heteroatoms. The van der Waals surface area contributed by atoms with Crippen LogP contribution in [-0.4, -0.2) is 11.9 Å². The fourth-order valence-electron chi connectivity index (χ4n) is 2.70. The maximum absolute atomic E-state index is 13.2. The summed E-state index contributed by atoms with van der Waals surface area (Å²) in [4.78, 5) is 12.0. The van der Waals surface area contributed by atoms with Crippen molar-refractivity contribution in [2.45, 2.75) is 38.9 Å². The van der Waals surface area contributed by atoms with Crippen LogP contribution in [0.25, 0.3) is 0 Å². The van der Waals surface area contributed by atoms with Crippen LogP contribution < -0.4 is 5.32 Å². The van der Waals surface area contributed by atoms with Crippen molar-refractivity contribution in [2.75, 3.05) is 0 Å². The maximum Gasteiger partial charge on any atom is 0.419 e. The molecule has 0 radical (unpaired) electrons. The van der Waals surface area contributed by atoms with Crippen molar-refractivity contribution in [3.8, 4) is 0 Å². The predicted molar refractivity (Wildman–Crippen MR) is 70.2 cm³/mol. The van der Waals surface area contributed by atoms with E-state index in [2.05, 4.69) is 12.2 Å². The first-order chi connectivity index (χ1) is 9.70. The molecule has 1 amide bonds. The van der Waals surface area contributed by atoms with Crippen LogP contribution in [0, 0.1) is 17.7 Å². The van der Waals surface area contributed by atoms with E-state index < -0.39 is 23.5 Å². The number of halogens is 4. The molecular weight excluding hydrogens is 286 g/mol. The number of alkyl halides is 3. The second-order valence-corrected chi connectivity index (χ2v) is 5.69. The molecule has 1 aliphatic carbocycles. The number of hydrogen-bond donors (Lipinski definition) is 1. The molecule has 0 heterocycles. The van der Waals surface area contributed by atoms with Crippen molar-refractivity contribution in [1.29, 1.82) is 0 Å². The molecular formula is C15H17F4NO. The molecule has 3 unspecified atom stereocenters. The summed E-state index contributed by atoms with van der Waals surface area (Å²) in [5, 5.41) is 2.74. The number of amides is 1. The molecule has 1 fully saturated rings. The number of hydrogen-bond acceptors (Lipinski definition) is 1. The first-order valence-electron chi connectivity index (χ1n) is 6.87. The number of benzene rings is 1. The minimum absolute atomic E-state index is 0.0492. The van der Waals surface area contributed by atoms with Crippen LogP contribution in [0.3, 0.4) is 0 Å². The highest BCUT2D eigenvalue weighted by molar-refractivity contribution is 5.94. The van der Waals surface area contributed by atoms with Crippen LogP contribution in [0.5, 0.6) is 0 Å². The summed E-state index contributed by atoms with van der Waals surface area (Å²) in [5.41, 5.74) is -1.58. The molecule has 0 aromatic heterocycles. The van der Waals surface area contributed by atoms with E-state index >= 15 is 0 Å². The maximum atomic E-state index is 13.2. The Labute approximate surface area is 120 Å². The Morgan fingerprint density at radius 3 is 2.43 bits per heavy atom. The van der Waals surface area contributed by atoms with Gasteiger partial charge in [0, 0.05) is 11.6 Å². The summed E-state index contributed by atoms with van der Waals surface area (Å²) in [6, 6.07) is 2.27. The lowest BCUT2D eigenvalue weighted by atomic mass is 9.97. The normalized spacial score (nSPS) is 25.9. The summed E-state index contributed by atoms with van der Waals surface area (Å²) in [7, 11) is 0. The minimum Gasteiger partial charge on any atom is -0.349 e. The third-order valence-electron chi connectivity index (χ3n) is 4.32. The highest BCUT2D eigenvalue weighted by atomic mass is 19.4. The van der Waals surface area contributed by atoms with Gasteiger partial charge in [-0.2, -0.15) is 13.2 Å². The molecule has 0 bridgehead atoms. The standard InChI is InChI=1S/C15H17F4NO/c1-8-3-6-13(9(8)2)20-14(21)10-4-5-12(16)11(7-10)15(17,18)19/h4-5,7-9,13H,3,6H2,1-2H3,(H,20,21). The van der Waals surface area contributed by atoms with Crippen molar-refractivity contribution < 1.29 is 22.4 Å². The molecule has 0 spiro atoms. The lowest BCUT2D eigenvalue weighted by Crippen LogP contribution is -2.37. The third kappa shape index (κ3) is 3.36. The summed E-state index contributed by atoms with van der Waals surface area (Å²) in [6.45, 7) is 4.09. The number of carbonyl (C=O) groups excluding carboxylic acids is 1. The average Bonchev–Trinajstić information content (AvgIpc) is 2.70. The van der Waals surface area contributed by atoms with E-state index in [1.807, 2.05) is 6.92 Å². The highest BCUT2D eigenvalue weighted by Gasteiger charge is 2.35. The van der Waals surface area contributed by atoms with E-state index in [0.717, 1.165) is 18.9 Å². The van der Waals surface area contributed by atoms with E-state index in [4.69, 9.17) is 0 Å². The van der Waals surface area contributed by atoms with Gasteiger partial charge in [-0.25, -0.2) is 4.39 Å². The van der Waals surface area contributed by atoms with Crippen molar-refractivity contribution >= 4 is 5.91 Å². The van der Waals surface area contributed by atoms with Gasteiger partial charge >= 0.3 is 6.18 Å². The summed E-state index contributed by atoms with van der Waals surface area (Å²) >= 11 is 0. The molecule has 0 aliphatic heterocycles. The Bertz CT molecular complexity index is 541.